The summed E-state index contributed by atoms with van der Waals surface area (Å²) in [6.45, 7) is 7.51. The number of nitrogens with one attached hydrogen (secondary N) is 2. The summed E-state index contributed by atoms with van der Waals surface area (Å²) in [6, 6.07) is 3.68. The highest BCUT2D eigenvalue weighted by atomic mass is 35.5. The Morgan fingerprint density at radius 3 is 2.38 bits per heavy atom. The Kier molecular flexibility index (Phi) is 7.03. The fourth-order valence-corrected chi connectivity index (χ4v) is 3.66. The van der Waals surface area contributed by atoms with Crippen LogP contribution in [0.15, 0.2) is 23.6 Å². The molecule has 0 saturated carbocycles. The Balaban J connectivity index is 2.09. The van der Waals surface area contributed by atoms with Gasteiger partial charge >= 0.3 is 0 Å². The molecule has 2 amide bonds. The first-order valence-electron chi connectivity index (χ1n) is 8.17. The number of carbonyl (C=O) groups is 2. The highest BCUT2D eigenvalue weighted by molar-refractivity contribution is 7.09. The molecular weight excluding hydrogens is 393 g/mol. The van der Waals surface area contributed by atoms with Crippen molar-refractivity contribution in [2.24, 2.45) is 5.92 Å². The smallest absolute Gasteiger partial charge is 0.253 e. The van der Waals surface area contributed by atoms with Crippen LogP contribution in [0.5, 0.6) is 0 Å². The van der Waals surface area contributed by atoms with E-state index in [0.29, 0.717) is 5.02 Å². The first-order chi connectivity index (χ1) is 12.2. The van der Waals surface area contributed by atoms with E-state index in [1.54, 1.807) is 6.07 Å². The second-order valence-electron chi connectivity index (χ2n) is 6.38. The lowest BCUT2D eigenvalue weighted by Crippen LogP contribution is -2.50. The average Bonchev–Trinajstić information content (AvgIpc) is 2.98. The largest absolute Gasteiger partial charge is 0.345 e. The van der Waals surface area contributed by atoms with E-state index in [1.165, 1.54) is 23.5 Å². The fraction of sp³-hybridized carbons (Fsp3) is 0.389. The van der Waals surface area contributed by atoms with Crippen molar-refractivity contribution in [1.82, 2.24) is 15.6 Å². The number of amides is 2. The Morgan fingerprint density at radius 2 is 1.85 bits per heavy atom. The van der Waals surface area contributed by atoms with Crippen molar-refractivity contribution in [3.8, 4) is 0 Å². The molecule has 140 valence electrons. The van der Waals surface area contributed by atoms with Gasteiger partial charge in [0.1, 0.15) is 11.0 Å². The van der Waals surface area contributed by atoms with Crippen molar-refractivity contribution in [2.75, 3.05) is 0 Å². The molecule has 0 bridgehead atoms. The number of hydrogen-bond acceptors (Lipinski definition) is 4. The molecule has 0 aliphatic carbocycles. The van der Waals surface area contributed by atoms with Gasteiger partial charge in [-0.2, -0.15) is 0 Å². The topological polar surface area (TPSA) is 71.1 Å². The maximum Gasteiger partial charge on any atom is 0.253 e. The second kappa shape index (κ2) is 8.84. The third-order valence-electron chi connectivity index (χ3n) is 3.78. The lowest BCUT2D eigenvalue weighted by molar-refractivity contribution is -0.124. The molecule has 0 radical (unpaired) electrons. The lowest BCUT2D eigenvalue weighted by Gasteiger charge is -2.23. The quantitative estimate of drug-likeness (QED) is 0.737. The first kappa shape index (κ1) is 20.7. The Morgan fingerprint density at radius 1 is 1.15 bits per heavy atom. The molecule has 2 rings (SSSR count). The standard InChI is InChI=1S/C18H21Cl2N3O2S/c1-9(2)15(17(25)22-11(4)18-21-10(3)8-26-18)23-16(24)13-6-5-12(19)7-14(13)20/h5-9,11,15H,1-4H3,(H,22,25)(H,23,24). The summed E-state index contributed by atoms with van der Waals surface area (Å²) in [6.07, 6.45) is 0. The number of aryl methyl sites for hydroxylation is 1. The van der Waals surface area contributed by atoms with Gasteiger partial charge in [0.25, 0.3) is 5.91 Å². The van der Waals surface area contributed by atoms with Crippen LogP contribution in [0.3, 0.4) is 0 Å². The zero-order valence-corrected chi connectivity index (χ0v) is 17.3. The van der Waals surface area contributed by atoms with Crippen LogP contribution in [-0.4, -0.2) is 22.8 Å². The van der Waals surface area contributed by atoms with E-state index >= 15 is 0 Å². The predicted molar refractivity (Wildman–Crippen MR) is 106 cm³/mol. The number of benzene rings is 1. The summed E-state index contributed by atoms with van der Waals surface area (Å²) < 4.78 is 0. The molecular formula is C18H21Cl2N3O2S. The molecule has 2 N–H and O–H groups in total. The molecule has 1 aromatic carbocycles. The van der Waals surface area contributed by atoms with Crippen molar-refractivity contribution in [3.63, 3.8) is 0 Å². The molecule has 0 fully saturated rings. The van der Waals surface area contributed by atoms with Crippen LogP contribution in [0, 0.1) is 12.8 Å². The molecule has 0 aliphatic heterocycles. The summed E-state index contributed by atoms with van der Waals surface area (Å²) in [5.74, 6) is -0.785. The van der Waals surface area contributed by atoms with Crippen LogP contribution in [0.4, 0.5) is 0 Å². The van der Waals surface area contributed by atoms with Gasteiger partial charge in [-0.15, -0.1) is 11.3 Å². The van der Waals surface area contributed by atoms with Gasteiger partial charge in [-0.3, -0.25) is 9.59 Å². The summed E-state index contributed by atoms with van der Waals surface area (Å²) in [7, 11) is 0. The molecule has 0 saturated heterocycles. The van der Waals surface area contributed by atoms with E-state index in [0.717, 1.165) is 10.7 Å². The van der Waals surface area contributed by atoms with E-state index in [9.17, 15) is 9.59 Å². The highest BCUT2D eigenvalue weighted by Gasteiger charge is 2.27. The minimum atomic E-state index is -0.697. The molecule has 2 aromatic rings. The van der Waals surface area contributed by atoms with Crippen LogP contribution in [0.25, 0.3) is 0 Å². The average molecular weight is 414 g/mol. The van der Waals surface area contributed by atoms with Crippen molar-refractivity contribution in [3.05, 3.63) is 49.9 Å². The minimum absolute atomic E-state index is 0.102. The summed E-state index contributed by atoms with van der Waals surface area (Å²) in [5.41, 5.74) is 1.19. The van der Waals surface area contributed by atoms with Crippen LogP contribution in [0.2, 0.25) is 10.0 Å². The maximum atomic E-state index is 12.7. The van der Waals surface area contributed by atoms with Crippen LogP contribution in [0.1, 0.15) is 47.9 Å². The molecule has 2 unspecified atom stereocenters. The number of nitrogens with zero attached hydrogens (tertiary/aromatic N) is 1. The van der Waals surface area contributed by atoms with Gasteiger partial charge in [0.15, 0.2) is 0 Å². The Bertz CT molecular complexity index is 807. The van der Waals surface area contributed by atoms with E-state index in [2.05, 4.69) is 15.6 Å². The van der Waals surface area contributed by atoms with Gasteiger partial charge in [0, 0.05) is 16.1 Å². The predicted octanol–water partition coefficient (Wildman–Crippen LogP) is 4.39. The van der Waals surface area contributed by atoms with E-state index in [-0.39, 0.29) is 28.5 Å². The van der Waals surface area contributed by atoms with Gasteiger partial charge in [-0.05, 0) is 38.0 Å². The number of aromatic nitrogens is 1. The lowest BCUT2D eigenvalue weighted by atomic mass is 10.0. The zero-order chi connectivity index (χ0) is 19.4. The van der Waals surface area contributed by atoms with E-state index in [1.807, 2.05) is 33.1 Å². The van der Waals surface area contributed by atoms with E-state index in [4.69, 9.17) is 23.2 Å². The van der Waals surface area contributed by atoms with Crippen molar-refractivity contribution in [1.29, 1.82) is 0 Å². The monoisotopic (exact) mass is 413 g/mol. The van der Waals surface area contributed by atoms with Gasteiger partial charge in [-0.1, -0.05) is 37.0 Å². The van der Waals surface area contributed by atoms with Crippen LogP contribution >= 0.6 is 34.5 Å². The second-order valence-corrected chi connectivity index (χ2v) is 8.11. The van der Waals surface area contributed by atoms with Crippen LogP contribution in [-0.2, 0) is 4.79 Å². The first-order valence-corrected chi connectivity index (χ1v) is 9.81. The minimum Gasteiger partial charge on any atom is -0.345 e. The highest BCUT2D eigenvalue weighted by Crippen LogP contribution is 2.22. The van der Waals surface area contributed by atoms with Crippen molar-refractivity contribution < 1.29 is 9.59 Å². The maximum absolute atomic E-state index is 12.7. The van der Waals surface area contributed by atoms with Crippen molar-refractivity contribution >= 4 is 46.4 Å². The molecule has 26 heavy (non-hydrogen) atoms. The third kappa shape index (κ3) is 5.19. The molecule has 8 heteroatoms. The van der Waals surface area contributed by atoms with E-state index < -0.39 is 11.9 Å². The molecule has 0 spiro atoms. The fourth-order valence-electron chi connectivity index (χ4n) is 2.36. The van der Waals surface area contributed by atoms with Gasteiger partial charge in [0.05, 0.1) is 16.6 Å². The van der Waals surface area contributed by atoms with Gasteiger partial charge in [-0.25, -0.2) is 4.98 Å². The third-order valence-corrected chi connectivity index (χ3v) is 5.47. The van der Waals surface area contributed by atoms with Gasteiger partial charge < -0.3 is 10.6 Å². The number of carbonyl (C=O) groups excluding carboxylic acids is 2. The molecule has 5 nitrogen and oxygen atoms in total. The van der Waals surface area contributed by atoms with Gasteiger partial charge in [0.2, 0.25) is 5.91 Å². The molecule has 2 atom stereocenters. The SMILES string of the molecule is Cc1csc(C(C)NC(=O)C(NC(=O)c2ccc(Cl)cc2Cl)C(C)C)n1. The zero-order valence-electron chi connectivity index (χ0n) is 15.0. The number of rotatable bonds is 6. The van der Waals surface area contributed by atoms with Crippen molar-refractivity contribution in [2.45, 2.75) is 39.8 Å². The number of thiazole rings is 1. The summed E-state index contributed by atoms with van der Waals surface area (Å²) in [5, 5.41) is 9.11. The Hall–Kier alpha value is -1.63. The Labute approximate surface area is 167 Å². The number of halogens is 2. The molecule has 1 heterocycles. The summed E-state index contributed by atoms with van der Waals surface area (Å²) >= 11 is 13.4. The number of hydrogen-bond donors (Lipinski definition) is 2. The molecule has 0 aliphatic rings. The molecule has 1 aromatic heterocycles. The van der Waals surface area contributed by atoms with Crippen LogP contribution < -0.4 is 10.6 Å². The normalized spacial score (nSPS) is 13.3. The summed E-state index contributed by atoms with van der Waals surface area (Å²) in [4.78, 5) is 29.6.